The molecule has 5 aromatic heterocycles. The van der Waals surface area contributed by atoms with Crippen molar-refractivity contribution in [3.8, 4) is 33.8 Å². The van der Waals surface area contributed by atoms with Gasteiger partial charge in [0.1, 0.15) is 5.69 Å². The molecular formula is C23H16N6S. The molecule has 0 unspecified atom stereocenters. The lowest BCUT2D eigenvalue weighted by molar-refractivity contribution is 1.12. The molecule has 0 aliphatic rings. The molecule has 6 rings (SSSR count). The monoisotopic (exact) mass is 408 g/mol. The predicted octanol–water partition coefficient (Wildman–Crippen LogP) is 5.48. The van der Waals surface area contributed by atoms with E-state index in [0.29, 0.717) is 5.69 Å². The largest absolute Gasteiger partial charge is 0.397 e. The number of thiophene rings is 1. The standard InChI is InChI=1S/C23H16N6S/c24-16-7-15(10-25-11-16)13-1-2-20-17(8-13)23(29-28-20)21-9-18-19(27-21)3-5-26-22(18)14-4-6-30-12-14/h1-12,27H,24H2,(H,28,29). The van der Waals surface area contributed by atoms with E-state index < -0.39 is 0 Å². The SMILES string of the molecule is Nc1cncc(-c2ccc3[nH]nc(-c4cc5c(-c6ccsc6)nccc5[nH]4)c3c2)c1. The lowest BCUT2D eigenvalue weighted by Gasteiger charge is -2.03. The third kappa shape index (κ3) is 2.67. The van der Waals surface area contributed by atoms with E-state index in [2.05, 4.69) is 54.1 Å². The highest BCUT2D eigenvalue weighted by molar-refractivity contribution is 7.08. The Balaban J connectivity index is 1.52. The first-order chi connectivity index (χ1) is 14.8. The summed E-state index contributed by atoms with van der Waals surface area (Å²) in [6, 6.07) is 14.3. The number of nitrogens with two attached hydrogens (primary N) is 1. The third-order valence-corrected chi connectivity index (χ3v) is 5.94. The fourth-order valence-corrected chi connectivity index (χ4v) is 4.47. The van der Waals surface area contributed by atoms with Crippen LogP contribution in [0.3, 0.4) is 0 Å². The fourth-order valence-electron chi connectivity index (χ4n) is 3.83. The quantitative estimate of drug-likeness (QED) is 0.361. The van der Waals surface area contributed by atoms with E-state index >= 15 is 0 Å². The van der Waals surface area contributed by atoms with Crippen molar-refractivity contribution in [1.82, 2.24) is 25.1 Å². The highest BCUT2D eigenvalue weighted by atomic mass is 32.1. The van der Waals surface area contributed by atoms with Gasteiger partial charge in [-0.15, -0.1) is 0 Å². The number of H-pyrrole nitrogens is 2. The van der Waals surface area contributed by atoms with Crippen LogP contribution in [-0.4, -0.2) is 25.1 Å². The van der Waals surface area contributed by atoms with Crippen LogP contribution in [0, 0.1) is 0 Å². The maximum Gasteiger partial charge on any atom is 0.116 e. The number of rotatable bonds is 3. The molecule has 0 atom stereocenters. The van der Waals surface area contributed by atoms with Crippen molar-refractivity contribution in [1.29, 1.82) is 0 Å². The average molecular weight is 408 g/mol. The summed E-state index contributed by atoms with van der Waals surface area (Å²) in [5, 5.41) is 14.0. The van der Waals surface area contributed by atoms with Gasteiger partial charge in [0.05, 0.1) is 22.6 Å². The van der Waals surface area contributed by atoms with Crippen molar-refractivity contribution in [2.24, 2.45) is 0 Å². The number of hydrogen-bond donors (Lipinski definition) is 3. The molecule has 7 heteroatoms. The number of benzene rings is 1. The van der Waals surface area contributed by atoms with Gasteiger partial charge in [-0.2, -0.15) is 16.4 Å². The number of nitrogens with zero attached hydrogens (tertiary/aromatic N) is 3. The number of fused-ring (bicyclic) bond motifs is 2. The molecule has 1 aromatic carbocycles. The molecule has 4 N–H and O–H groups in total. The molecule has 0 saturated carbocycles. The second-order valence-corrected chi connectivity index (χ2v) is 7.94. The van der Waals surface area contributed by atoms with Gasteiger partial charge in [-0.3, -0.25) is 15.1 Å². The van der Waals surface area contributed by atoms with Crippen LogP contribution in [0.1, 0.15) is 0 Å². The van der Waals surface area contributed by atoms with Crippen LogP contribution in [0.2, 0.25) is 0 Å². The Morgan fingerprint density at radius 2 is 1.77 bits per heavy atom. The molecule has 0 amide bonds. The predicted molar refractivity (Wildman–Crippen MR) is 122 cm³/mol. The highest BCUT2D eigenvalue weighted by Gasteiger charge is 2.15. The number of aromatic amines is 2. The molecule has 0 radical (unpaired) electrons. The van der Waals surface area contributed by atoms with Gasteiger partial charge < -0.3 is 10.7 Å². The maximum atomic E-state index is 5.92. The maximum absolute atomic E-state index is 5.92. The summed E-state index contributed by atoms with van der Waals surface area (Å²) >= 11 is 1.67. The first kappa shape index (κ1) is 16.9. The van der Waals surface area contributed by atoms with E-state index in [1.807, 2.05) is 36.7 Å². The van der Waals surface area contributed by atoms with Gasteiger partial charge >= 0.3 is 0 Å². The molecule has 0 bridgehead atoms. The van der Waals surface area contributed by atoms with Gasteiger partial charge in [0.2, 0.25) is 0 Å². The zero-order valence-electron chi connectivity index (χ0n) is 15.8. The lowest BCUT2D eigenvalue weighted by Crippen LogP contribution is -1.87. The van der Waals surface area contributed by atoms with Crippen LogP contribution in [0.4, 0.5) is 5.69 Å². The first-order valence-corrected chi connectivity index (χ1v) is 10.4. The van der Waals surface area contributed by atoms with Gasteiger partial charge in [-0.25, -0.2) is 0 Å². The average Bonchev–Trinajstić information content (AvgIpc) is 3.51. The molecule has 0 aliphatic heterocycles. The van der Waals surface area contributed by atoms with Crippen LogP contribution in [-0.2, 0) is 0 Å². The Kier molecular flexibility index (Phi) is 3.69. The number of aromatic nitrogens is 5. The summed E-state index contributed by atoms with van der Waals surface area (Å²) < 4.78 is 0. The third-order valence-electron chi connectivity index (χ3n) is 5.25. The Hall–Kier alpha value is -3.97. The second-order valence-electron chi connectivity index (χ2n) is 7.16. The van der Waals surface area contributed by atoms with Crippen LogP contribution >= 0.6 is 11.3 Å². The first-order valence-electron chi connectivity index (χ1n) is 9.46. The van der Waals surface area contributed by atoms with Crippen molar-refractivity contribution in [2.45, 2.75) is 0 Å². The Bertz CT molecular complexity index is 1510. The Labute approximate surface area is 175 Å². The minimum Gasteiger partial charge on any atom is -0.397 e. The molecule has 0 spiro atoms. The Morgan fingerprint density at radius 3 is 2.63 bits per heavy atom. The van der Waals surface area contributed by atoms with E-state index in [4.69, 9.17) is 5.73 Å². The molecule has 0 fully saturated rings. The molecule has 144 valence electrons. The molecule has 6 aromatic rings. The Morgan fingerprint density at radius 1 is 0.833 bits per heavy atom. The van der Waals surface area contributed by atoms with Crippen molar-refractivity contribution in [2.75, 3.05) is 5.73 Å². The summed E-state index contributed by atoms with van der Waals surface area (Å²) in [6.07, 6.45) is 5.30. The number of pyridine rings is 2. The van der Waals surface area contributed by atoms with E-state index in [0.717, 1.165) is 55.6 Å². The van der Waals surface area contributed by atoms with Crippen LogP contribution in [0.5, 0.6) is 0 Å². The molecule has 0 saturated heterocycles. The zero-order chi connectivity index (χ0) is 20.1. The minimum absolute atomic E-state index is 0.643. The van der Waals surface area contributed by atoms with Gasteiger partial charge in [-0.1, -0.05) is 6.07 Å². The van der Waals surface area contributed by atoms with E-state index in [-0.39, 0.29) is 0 Å². The number of nitrogens with one attached hydrogen (secondary N) is 2. The van der Waals surface area contributed by atoms with Crippen LogP contribution in [0.25, 0.3) is 55.6 Å². The highest BCUT2D eigenvalue weighted by Crippen LogP contribution is 2.34. The van der Waals surface area contributed by atoms with Crippen LogP contribution < -0.4 is 5.73 Å². The summed E-state index contributed by atoms with van der Waals surface area (Å²) in [5.74, 6) is 0. The summed E-state index contributed by atoms with van der Waals surface area (Å²) in [5.41, 5.74) is 14.5. The fraction of sp³-hybridized carbons (Fsp3) is 0. The zero-order valence-corrected chi connectivity index (χ0v) is 16.6. The van der Waals surface area contributed by atoms with Gasteiger partial charge in [0.15, 0.2) is 0 Å². The van der Waals surface area contributed by atoms with Crippen molar-refractivity contribution in [3.63, 3.8) is 0 Å². The van der Waals surface area contributed by atoms with Crippen LogP contribution in [0.15, 0.2) is 71.8 Å². The lowest BCUT2D eigenvalue weighted by atomic mass is 10.0. The van der Waals surface area contributed by atoms with Gasteiger partial charge in [-0.05, 0) is 47.3 Å². The number of nitrogen functional groups attached to an aromatic ring is 1. The topological polar surface area (TPSA) is 96.3 Å². The van der Waals surface area contributed by atoms with Crippen molar-refractivity contribution < 1.29 is 0 Å². The van der Waals surface area contributed by atoms with E-state index in [9.17, 15) is 0 Å². The number of hydrogen-bond acceptors (Lipinski definition) is 5. The normalized spacial score (nSPS) is 11.5. The second kappa shape index (κ2) is 6.53. The number of anilines is 1. The molecule has 5 heterocycles. The minimum atomic E-state index is 0.643. The van der Waals surface area contributed by atoms with Crippen molar-refractivity contribution in [3.05, 3.63) is 71.8 Å². The molecule has 30 heavy (non-hydrogen) atoms. The molecular weight excluding hydrogens is 392 g/mol. The smallest absolute Gasteiger partial charge is 0.116 e. The van der Waals surface area contributed by atoms with Gasteiger partial charge in [0, 0.05) is 51.4 Å². The van der Waals surface area contributed by atoms with E-state index in [1.54, 1.807) is 17.5 Å². The molecule has 6 nitrogen and oxygen atoms in total. The molecule has 0 aliphatic carbocycles. The summed E-state index contributed by atoms with van der Waals surface area (Å²) in [6.45, 7) is 0. The summed E-state index contributed by atoms with van der Waals surface area (Å²) in [7, 11) is 0. The van der Waals surface area contributed by atoms with Gasteiger partial charge in [0.25, 0.3) is 0 Å². The summed E-state index contributed by atoms with van der Waals surface area (Å²) in [4.78, 5) is 12.3. The van der Waals surface area contributed by atoms with E-state index in [1.165, 1.54) is 0 Å². The van der Waals surface area contributed by atoms with Crippen molar-refractivity contribution >= 4 is 38.8 Å².